The molecule has 1 aliphatic heterocycles. The number of hydrogen-bond acceptors (Lipinski definition) is 4. The fourth-order valence-electron chi connectivity index (χ4n) is 1.65. The van der Waals surface area contributed by atoms with E-state index in [4.69, 9.17) is 4.74 Å². The highest BCUT2D eigenvalue weighted by Crippen LogP contribution is 2.23. The van der Waals surface area contributed by atoms with Crippen LogP contribution in [0.4, 0.5) is 0 Å². The quantitative estimate of drug-likeness (QED) is 0.703. The summed E-state index contributed by atoms with van der Waals surface area (Å²) in [5.41, 5.74) is 0. The average Bonchev–Trinajstić information content (AvgIpc) is 2.13. The summed E-state index contributed by atoms with van der Waals surface area (Å²) < 4.78 is 4.83. The van der Waals surface area contributed by atoms with Gasteiger partial charge < -0.3 is 4.74 Å². The van der Waals surface area contributed by atoms with Crippen LogP contribution in [0.2, 0.25) is 0 Å². The molecule has 1 fully saturated rings. The Kier molecular flexibility index (Phi) is 4.92. The van der Waals surface area contributed by atoms with Crippen LogP contribution < -0.4 is 0 Å². The van der Waals surface area contributed by atoms with Crippen molar-refractivity contribution in [2.75, 3.05) is 32.6 Å². The van der Waals surface area contributed by atoms with Crippen molar-refractivity contribution in [2.45, 2.75) is 25.1 Å². The van der Waals surface area contributed by atoms with Gasteiger partial charge in [-0.3, -0.25) is 9.69 Å². The third-order valence-electron chi connectivity index (χ3n) is 2.70. The minimum absolute atomic E-state index is 0.179. The van der Waals surface area contributed by atoms with Crippen molar-refractivity contribution in [1.82, 2.24) is 4.90 Å². The Morgan fingerprint density at radius 2 is 2.29 bits per heavy atom. The van der Waals surface area contributed by atoms with Gasteiger partial charge in [0.05, 0.1) is 6.54 Å². The smallest absolute Gasteiger partial charge is 0.172 e. The van der Waals surface area contributed by atoms with Gasteiger partial charge in [0.2, 0.25) is 0 Å². The van der Waals surface area contributed by atoms with E-state index in [1.807, 2.05) is 11.8 Å². The zero-order chi connectivity index (χ0) is 10.6. The van der Waals surface area contributed by atoms with E-state index < -0.39 is 0 Å². The second-order valence-electron chi connectivity index (χ2n) is 3.76. The van der Waals surface area contributed by atoms with E-state index >= 15 is 0 Å². The van der Waals surface area contributed by atoms with Crippen molar-refractivity contribution < 1.29 is 9.53 Å². The maximum absolute atomic E-state index is 11.4. The molecule has 0 aromatic heterocycles. The van der Waals surface area contributed by atoms with Crippen LogP contribution in [0, 0.1) is 0 Å². The molecule has 0 radical (unpaired) electrons. The Morgan fingerprint density at radius 1 is 1.57 bits per heavy atom. The number of ether oxygens (including phenoxy) is 1. The van der Waals surface area contributed by atoms with Crippen molar-refractivity contribution in [2.24, 2.45) is 0 Å². The van der Waals surface area contributed by atoms with E-state index in [2.05, 4.69) is 18.7 Å². The van der Waals surface area contributed by atoms with Gasteiger partial charge in [0.15, 0.2) is 5.78 Å². The van der Waals surface area contributed by atoms with Crippen molar-refractivity contribution >= 4 is 17.5 Å². The van der Waals surface area contributed by atoms with Crippen LogP contribution in [-0.2, 0) is 9.53 Å². The van der Waals surface area contributed by atoms with E-state index in [0.717, 1.165) is 12.3 Å². The van der Waals surface area contributed by atoms with Crippen molar-refractivity contribution in [3.63, 3.8) is 0 Å². The molecule has 1 rings (SSSR count). The number of Topliss-reactive ketones (excluding diaryl/α,β-unsaturated/α-hetero) is 1. The summed E-state index contributed by atoms with van der Waals surface area (Å²) >= 11 is 1.99. The van der Waals surface area contributed by atoms with Crippen molar-refractivity contribution in [3.05, 3.63) is 0 Å². The zero-order valence-electron chi connectivity index (χ0n) is 9.16. The van der Waals surface area contributed by atoms with Gasteiger partial charge in [-0.15, -0.1) is 0 Å². The van der Waals surface area contributed by atoms with Crippen LogP contribution in [-0.4, -0.2) is 54.5 Å². The van der Waals surface area contributed by atoms with Crippen LogP contribution in [0.5, 0.6) is 0 Å². The van der Waals surface area contributed by atoms with Gasteiger partial charge in [0.25, 0.3) is 0 Å². The molecule has 1 heterocycles. The fraction of sp³-hybridized carbons (Fsp3) is 0.900. The SMILES string of the molecule is COCC(=O)CN1CCSC(C)C1C. The molecule has 2 unspecified atom stereocenters. The van der Waals surface area contributed by atoms with Crippen LogP contribution in [0.1, 0.15) is 13.8 Å². The number of thioether (sulfide) groups is 1. The predicted molar refractivity (Wildman–Crippen MR) is 59.8 cm³/mol. The standard InChI is InChI=1S/C10H19NO2S/c1-8-9(2)14-5-4-11(8)6-10(12)7-13-3/h8-9H,4-7H2,1-3H3. The lowest BCUT2D eigenvalue weighted by molar-refractivity contribution is -0.124. The summed E-state index contributed by atoms with van der Waals surface area (Å²) in [6.45, 7) is 6.22. The van der Waals surface area contributed by atoms with Crippen LogP contribution in [0.3, 0.4) is 0 Å². The van der Waals surface area contributed by atoms with Crippen LogP contribution >= 0.6 is 11.8 Å². The monoisotopic (exact) mass is 217 g/mol. The van der Waals surface area contributed by atoms with Gasteiger partial charge in [-0.05, 0) is 6.92 Å². The molecule has 14 heavy (non-hydrogen) atoms. The second kappa shape index (κ2) is 5.73. The largest absolute Gasteiger partial charge is 0.377 e. The molecule has 0 aliphatic carbocycles. The molecule has 82 valence electrons. The first-order chi connectivity index (χ1) is 6.65. The number of carbonyl (C=O) groups excluding carboxylic acids is 1. The molecule has 0 saturated carbocycles. The Bertz CT molecular complexity index is 199. The number of nitrogens with zero attached hydrogens (tertiary/aromatic N) is 1. The Morgan fingerprint density at radius 3 is 2.93 bits per heavy atom. The first kappa shape index (κ1) is 12.0. The zero-order valence-corrected chi connectivity index (χ0v) is 9.97. The third-order valence-corrected chi connectivity index (χ3v) is 4.04. The van der Waals surface area contributed by atoms with Gasteiger partial charge in [-0.1, -0.05) is 6.92 Å². The second-order valence-corrected chi connectivity index (χ2v) is 5.24. The lowest BCUT2D eigenvalue weighted by Crippen LogP contribution is -2.47. The highest BCUT2D eigenvalue weighted by molar-refractivity contribution is 8.00. The summed E-state index contributed by atoms with van der Waals surface area (Å²) in [5, 5.41) is 0.624. The molecular weight excluding hydrogens is 198 g/mol. The normalized spacial score (nSPS) is 29.1. The van der Waals surface area contributed by atoms with Crippen LogP contribution in [0.25, 0.3) is 0 Å². The van der Waals surface area contributed by atoms with Gasteiger partial charge in [-0.25, -0.2) is 0 Å². The van der Waals surface area contributed by atoms with E-state index in [1.54, 1.807) is 7.11 Å². The lowest BCUT2D eigenvalue weighted by Gasteiger charge is -2.36. The molecule has 0 spiro atoms. The molecule has 0 bridgehead atoms. The van der Waals surface area contributed by atoms with Gasteiger partial charge in [-0.2, -0.15) is 11.8 Å². The Hall–Kier alpha value is -0.0600. The minimum Gasteiger partial charge on any atom is -0.377 e. The van der Waals surface area contributed by atoms with Gasteiger partial charge in [0.1, 0.15) is 6.61 Å². The molecule has 0 aromatic carbocycles. The topological polar surface area (TPSA) is 29.5 Å². The van der Waals surface area contributed by atoms with Gasteiger partial charge in [0, 0.05) is 30.7 Å². The van der Waals surface area contributed by atoms with Crippen molar-refractivity contribution in [3.8, 4) is 0 Å². The van der Waals surface area contributed by atoms with E-state index in [9.17, 15) is 4.79 Å². The number of hydrogen-bond donors (Lipinski definition) is 0. The van der Waals surface area contributed by atoms with E-state index in [-0.39, 0.29) is 12.4 Å². The number of ketones is 1. The Labute approximate surface area is 90.2 Å². The fourth-order valence-corrected chi connectivity index (χ4v) is 2.81. The molecule has 0 N–H and O–H groups in total. The van der Waals surface area contributed by atoms with E-state index in [1.165, 1.54) is 0 Å². The molecule has 4 heteroatoms. The highest BCUT2D eigenvalue weighted by atomic mass is 32.2. The summed E-state index contributed by atoms with van der Waals surface area (Å²) in [6, 6.07) is 0.495. The molecule has 1 aliphatic rings. The molecule has 3 nitrogen and oxygen atoms in total. The number of methoxy groups -OCH3 is 1. The predicted octanol–water partition coefficient (Wildman–Crippen LogP) is 1.03. The number of rotatable bonds is 4. The minimum atomic E-state index is 0.179. The summed E-state index contributed by atoms with van der Waals surface area (Å²) in [7, 11) is 1.57. The van der Waals surface area contributed by atoms with Gasteiger partial charge >= 0.3 is 0 Å². The van der Waals surface area contributed by atoms with Crippen molar-refractivity contribution in [1.29, 1.82) is 0 Å². The average molecular weight is 217 g/mol. The Balaban J connectivity index is 2.39. The van der Waals surface area contributed by atoms with E-state index in [0.29, 0.717) is 17.8 Å². The summed E-state index contributed by atoms with van der Waals surface area (Å²) in [4.78, 5) is 13.6. The first-order valence-corrected chi connectivity index (χ1v) is 6.06. The maximum atomic E-state index is 11.4. The third kappa shape index (κ3) is 3.26. The first-order valence-electron chi connectivity index (χ1n) is 5.01. The lowest BCUT2D eigenvalue weighted by atomic mass is 10.2. The number of carbonyl (C=O) groups is 1. The molecule has 1 saturated heterocycles. The molecule has 0 aromatic rings. The maximum Gasteiger partial charge on any atom is 0.172 e. The molecule has 2 atom stereocenters. The van der Waals surface area contributed by atoms with Crippen LogP contribution in [0.15, 0.2) is 0 Å². The highest BCUT2D eigenvalue weighted by Gasteiger charge is 2.26. The summed E-state index contributed by atoms with van der Waals surface area (Å²) in [6.07, 6.45) is 0. The summed E-state index contributed by atoms with van der Waals surface area (Å²) in [5.74, 6) is 1.31. The molecule has 0 amide bonds. The molecular formula is C10H19NO2S.